The summed E-state index contributed by atoms with van der Waals surface area (Å²) < 4.78 is 0. The van der Waals surface area contributed by atoms with Crippen LogP contribution in [0.2, 0.25) is 0 Å². The third-order valence-electron chi connectivity index (χ3n) is 5.68. The van der Waals surface area contributed by atoms with E-state index in [1.165, 1.54) is 24.0 Å². The molecule has 0 unspecified atom stereocenters. The van der Waals surface area contributed by atoms with E-state index in [0.29, 0.717) is 0 Å². The molecule has 0 heterocycles. The Morgan fingerprint density at radius 2 is 1.04 bits per heavy atom. The first-order chi connectivity index (χ1) is 10.2. The van der Waals surface area contributed by atoms with E-state index >= 15 is 0 Å². The maximum atomic E-state index is 2.55. The van der Waals surface area contributed by atoms with Crippen LogP contribution < -0.4 is 18.9 Å². The van der Waals surface area contributed by atoms with E-state index in [1.54, 1.807) is 21.8 Å². The van der Waals surface area contributed by atoms with E-state index in [1.807, 2.05) is 0 Å². The van der Waals surface area contributed by atoms with Gasteiger partial charge in [0.25, 0.3) is 0 Å². The summed E-state index contributed by atoms with van der Waals surface area (Å²) in [7, 11) is -1.21. The van der Waals surface area contributed by atoms with Gasteiger partial charge in [-0.25, -0.2) is 0 Å². The van der Waals surface area contributed by atoms with Crippen molar-refractivity contribution >= 4 is 7.26 Å². The molecular weight excluding hydrogens is 302 g/mol. The molecule has 0 fully saturated rings. The largest absolute Gasteiger partial charge is 1.00 e. The molecule has 0 nitrogen and oxygen atoms in total. The summed E-state index contributed by atoms with van der Waals surface area (Å²) in [5.74, 6) is 0. The standard InChI is InChI=1S/C22H36P.Li.H/c1-15-11-17(21(3,4)5)13-19(15)23(9,10)20-14-18(12-16(20)2)22(6,7)8;;/h11-12H,13-14H2,1-10H3;;/q2*+1;-1. The van der Waals surface area contributed by atoms with Crippen LogP contribution in [0.1, 0.15) is 69.7 Å². The minimum atomic E-state index is -1.21. The van der Waals surface area contributed by atoms with Crippen molar-refractivity contribution in [3.8, 4) is 0 Å². The zero-order valence-electron chi connectivity index (χ0n) is 19.0. The number of hydrogen-bond acceptors (Lipinski definition) is 0. The molecule has 0 atom stereocenters. The van der Waals surface area contributed by atoms with Gasteiger partial charge in [-0.1, -0.05) is 64.8 Å². The minimum absolute atomic E-state index is 0. The smallest absolute Gasteiger partial charge is 1.00 e. The van der Waals surface area contributed by atoms with Crippen LogP contribution in [0, 0.1) is 10.8 Å². The Morgan fingerprint density at radius 3 is 1.25 bits per heavy atom. The van der Waals surface area contributed by atoms with Crippen LogP contribution >= 0.6 is 7.26 Å². The topological polar surface area (TPSA) is 0 Å². The second-order valence-corrected chi connectivity index (χ2v) is 13.9. The van der Waals surface area contributed by atoms with Gasteiger partial charge in [-0.15, -0.1) is 0 Å². The van der Waals surface area contributed by atoms with Crippen molar-refractivity contribution in [2.45, 2.75) is 68.2 Å². The molecule has 130 valence electrons. The summed E-state index contributed by atoms with van der Waals surface area (Å²) >= 11 is 0. The molecule has 2 aliphatic carbocycles. The van der Waals surface area contributed by atoms with Gasteiger partial charge in [0.15, 0.2) is 0 Å². The second kappa shape index (κ2) is 6.95. The van der Waals surface area contributed by atoms with E-state index in [-0.39, 0.29) is 31.1 Å². The molecule has 0 aromatic heterocycles. The average molecular weight is 339 g/mol. The Morgan fingerprint density at radius 1 is 0.750 bits per heavy atom. The summed E-state index contributed by atoms with van der Waals surface area (Å²) in [5, 5.41) is 3.47. The van der Waals surface area contributed by atoms with Crippen molar-refractivity contribution in [3.63, 3.8) is 0 Å². The molecule has 0 radical (unpaired) electrons. The first kappa shape index (κ1) is 22.0. The van der Waals surface area contributed by atoms with Crippen LogP contribution in [0.4, 0.5) is 0 Å². The van der Waals surface area contributed by atoms with Crippen LogP contribution in [0.15, 0.2) is 45.1 Å². The van der Waals surface area contributed by atoms with Crippen LogP contribution in [-0.2, 0) is 0 Å². The molecule has 0 saturated carbocycles. The van der Waals surface area contributed by atoms with Gasteiger partial charge < -0.3 is 1.43 Å². The van der Waals surface area contributed by atoms with Crippen LogP contribution in [-0.4, -0.2) is 13.3 Å². The van der Waals surface area contributed by atoms with Gasteiger partial charge in [0.1, 0.15) is 0 Å². The maximum Gasteiger partial charge on any atom is 1.00 e. The van der Waals surface area contributed by atoms with Gasteiger partial charge in [-0.2, -0.15) is 0 Å². The number of allylic oxidation sites excluding steroid dienone is 8. The van der Waals surface area contributed by atoms with Gasteiger partial charge in [0.05, 0.1) is 31.2 Å². The van der Waals surface area contributed by atoms with Crippen molar-refractivity contribution in [2.75, 3.05) is 13.3 Å². The van der Waals surface area contributed by atoms with Gasteiger partial charge in [0, 0.05) is 12.8 Å². The molecule has 0 aromatic rings. The third-order valence-corrected chi connectivity index (χ3v) is 9.40. The number of rotatable bonds is 2. The summed E-state index contributed by atoms with van der Waals surface area (Å²) in [6.45, 7) is 23.8. The summed E-state index contributed by atoms with van der Waals surface area (Å²) in [6.07, 6.45) is 7.33. The van der Waals surface area contributed by atoms with E-state index in [0.717, 1.165) is 0 Å². The van der Waals surface area contributed by atoms with Gasteiger partial charge >= 0.3 is 18.9 Å². The van der Waals surface area contributed by atoms with Gasteiger partial charge in [-0.3, -0.25) is 0 Å². The molecule has 0 N–H and O–H groups in total. The SMILES string of the molecule is CC1=C([P+](C)(C)C2=C(C)C=C(C(C)(C)C)C2)CC(C(C)(C)C)=C1.[H-].[Li+]. The van der Waals surface area contributed by atoms with Crippen LogP contribution in [0.5, 0.6) is 0 Å². The molecule has 0 aliphatic heterocycles. The molecule has 0 spiro atoms. The van der Waals surface area contributed by atoms with E-state index < -0.39 is 7.26 Å². The zero-order chi connectivity index (χ0) is 17.8. The Balaban J connectivity index is 0.00000288. The summed E-state index contributed by atoms with van der Waals surface area (Å²) in [6, 6.07) is 0. The van der Waals surface area contributed by atoms with Crippen LogP contribution in [0.3, 0.4) is 0 Å². The first-order valence-corrected chi connectivity index (χ1v) is 11.6. The molecular formula is C22H37LiP+. The van der Waals surface area contributed by atoms with Crippen molar-refractivity contribution in [1.29, 1.82) is 0 Å². The van der Waals surface area contributed by atoms with Crippen molar-refractivity contribution < 1.29 is 20.3 Å². The normalized spacial score (nSPS) is 19.6. The fourth-order valence-electron chi connectivity index (χ4n) is 3.83. The quantitative estimate of drug-likeness (QED) is 0.506. The molecule has 2 rings (SSSR count). The predicted octanol–water partition coefficient (Wildman–Crippen LogP) is 4.68. The van der Waals surface area contributed by atoms with Crippen molar-refractivity contribution in [2.24, 2.45) is 10.8 Å². The molecule has 0 amide bonds. The maximum absolute atomic E-state index is 2.55. The van der Waals surface area contributed by atoms with Gasteiger partial charge in [0.2, 0.25) is 0 Å². The van der Waals surface area contributed by atoms with Crippen molar-refractivity contribution in [3.05, 3.63) is 45.1 Å². The van der Waals surface area contributed by atoms with Gasteiger partial charge in [-0.05, 0) is 35.8 Å². The fourth-order valence-corrected chi connectivity index (χ4v) is 7.18. The Bertz CT molecular complexity index is 590. The van der Waals surface area contributed by atoms with E-state index in [9.17, 15) is 0 Å². The molecule has 0 aromatic carbocycles. The Labute approximate surface area is 164 Å². The molecule has 2 heteroatoms. The first-order valence-electron chi connectivity index (χ1n) is 8.91. The molecule has 0 saturated heterocycles. The monoisotopic (exact) mass is 339 g/mol. The zero-order valence-corrected chi connectivity index (χ0v) is 18.9. The predicted molar refractivity (Wildman–Crippen MR) is 110 cm³/mol. The van der Waals surface area contributed by atoms with E-state index in [2.05, 4.69) is 80.9 Å². The third kappa shape index (κ3) is 4.21. The van der Waals surface area contributed by atoms with Crippen molar-refractivity contribution in [1.82, 2.24) is 0 Å². The molecule has 2 aliphatic rings. The molecule has 0 bridgehead atoms. The van der Waals surface area contributed by atoms with Crippen LogP contribution in [0.25, 0.3) is 0 Å². The minimum Gasteiger partial charge on any atom is -1.00 e. The Kier molecular flexibility index (Phi) is 6.38. The fraction of sp³-hybridized carbons (Fsp3) is 0.636. The summed E-state index contributed by atoms with van der Waals surface area (Å²) in [5.41, 5.74) is 6.88. The number of hydrogen-bond donors (Lipinski definition) is 0. The second-order valence-electron chi connectivity index (χ2n) is 9.91. The Hall–Kier alpha value is -0.0126. The summed E-state index contributed by atoms with van der Waals surface area (Å²) in [4.78, 5) is 0. The molecule has 24 heavy (non-hydrogen) atoms. The average Bonchev–Trinajstić information content (AvgIpc) is 2.91. The van der Waals surface area contributed by atoms with E-state index in [4.69, 9.17) is 0 Å².